The monoisotopic (exact) mass is 672 g/mol. The van der Waals surface area contributed by atoms with Gasteiger partial charge in [0.25, 0.3) is 11.8 Å². The second-order valence-corrected chi connectivity index (χ2v) is 14.6. The van der Waals surface area contributed by atoms with E-state index >= 15 is 0 Å². The van der Waals surface area contributed by atoms with Crippen molar-refractivity contribution >= 4 is 37.4 Å². The van der Waals surface area contributed by atoms with Crippen molar-refractivity contribution in [1.29, 1.82) is 0 Å². The zero-order valence-corrected chi connectivity index (χ0v) is 27.1. The summed E-state index contributed by atoms with van der Waals surface area (Å²) in [6.45, 7) is 2.55. The van der Waals surface area contributed by atoms with Gasteiger partial charge in [-0.25, -0.2) is 13.2 Å². The van der Waals surface area contributed by atoms with Crippen LogP contribution < -0.4 is 10.1 Å². The highest BCUT2D eigenvalue weighted by Gasteiger charge is 2.55. The van der Waals surface area contributed by atoms with Crippen LogP contribution in [0.5, 0.6) is 5.75 Å². The fraction of sp³-hybridized carbons (Fsp3) is 0.171. The van der Waals surface area contributed by atoms with E-state index in [9.17, 15) is 27.9 Å². The molecule has 5 rings (SSSR count). The van der Waals surface area contributed by atoms with Gasteiger partial charge in [0.15, 0.2) is 18.4 Å². The fourth-order valence-corrected chi connectivity index (χ4v) is 8.34. The van der Waals surface area contributed by atoms with Crippen LogP contribution in [0.2, 0.25) is 0 Å². The molecule has 1 fully saturated rings. The molecule has 4 aromatic rings. The first-order valence-corrected chi connectivity index (χ1v) is 17.4. The molecular formula is C35H32N2O8S2. The van der Waals surface area contributed by atoms with Crippen LogP contribution in [0.1, 0.15) is 29.7 Å². The number of aryl methyl sites for hydroxylation is 1. The van der Waals surface area contributed by atoms with Crippen LogP contribution in [0.15, 0.2) is 132 Å². The first-order valence-electron chi connectivity index (χ1n) is 14.6. The number of rotatable bonds is 12. The highest BCUT2D eigenvalue weighted by molar-refractivity contribution is 8.72. The Morgan fingerprint density at radius 3 is 1.94 bits per heavy atom. The lowest BCUT2D eigenvalue weighted by molar-refractivity contribution is -0.155. The molecule has 0 aliphatic carbocycles. The van der Waals surface area contributed by atoms with E-state index in [1.807, 2.05) is 19.1 Å². The standard InChI is InChI=1S/C35H32N2O8S2/c1-23-18-20-28(21-19-23)47(42,43)46-34-30(36-29(39)22-44-27-16-10-5-11-17-27)33(40)37(34)31(24(2)38)35(41)45-32(25-12-6-3-7-13-25)26-14-8-4-9-15-26/h3-21,30,32,34,38H,22H2,1-2H3,(H,36,39)/b31-24-. The number of carbonyl (C=O) groups excluding carboxylic acids is 3. The first-order chi connectivity index (χ1) is 22.5. The molecule has 0 saturated carbocycles. The van der Waals surface area contributed by atoms with E-state index in [1.54, 1.807) is 91.0 Å². The maximum Gasteiger partial charge on any atom is 0.359 e. The summed E-state index contributed by atoms with van der Waals surface area (Å²) in [6, 6.07) is 31.1. The normalized spacial score (nSPS) is 16.6. The van der Waals surface area contributed by atoms with Crippen LogP contribution in [0, 0.1) is 6.92 Å². The number of hydrogen-bond donors (Lipinski definition) is 2. The summed E-state index contributed by atoms with van der Waals surface area (Å²) >= 11 is 0. The maximum absolute atomic E-state index is 13.8. The van der Waals surface area contributed by atoms with Gasteiger partial charge in [0.1, 0.15) is 22.9 Å². The Bertz CT molecular complexity index is 1820. The van der Waals surface area contributed by atoms with E-state index in [1.165, 1.54) is 19.1 Å². The number of benzene rings is 4. The lowest BCUT2D eigenvalue weighted by Gasteiger charge is -2.46. The highest BCUT2D eigenvalue weighted by atomic mass is 33.1. The van der Waals surface area contributed by atoms with E-state index in [0.717, 1.165) is 10.5 Å². The molecule has 2 atom stereocenters. The van der Waals surface area contributed by atoms with Gasteiger partial charge in [-0.2, -0.15) is 0 Å². The zero-order chi connectivity index (χ0) is 33.6. The Balaban J connectivity index is 1.44. The third-order valence-corrected chi connectivity index (χ3v) is 10.9. The number of carbonyl (C=O) groups is 3. The Morgan fingerprint density at radius 1 is 0.872 bits per heavy atom. The molecule has 1 aliphatic heterocycles. The molecule has 0 aromatic heterocycles. The molecule has 2 unspecified atom stereocenters. The van der Waals surface area contributed by atoms with Gasteiger partial charge in [-0.05, 0) is 49.2 Å². The van der Waals surface area contributed by atoms with Crippen molar-refractivity contribution in [3.63, 3.8) is 0 Å². The number of aliphatic hydroxyl groups is 1. The van der Waals surface area contributed by atoms with Crippen LogP contribution in [0.4, 0.5) is 0 Å². The van der Waals surface area contributed by atoms with Crippen molar-refractivity contribution < 1.29 is 37.4 Å². The van der Waals surface area contributed by atoms with Gasteiger partial charge in [0.2, 0.25) is 8.87 Å². The van der Waals surface area contributed by atoms with Crippen LogP contribution in [0.25, 0.3) is 0 Å². The SMILES string of the molecule is C/C(O)=C(\C(=O)OC(c1ccccc1)c1ccccc1)N1C(=O)C(NC(=O)COc2ccccc2)C1SS(=O)(=O)c1ccc(C)cc1. The lowest BCUT2D eigenvalue weighted by Crippen LogP contribution is -2.70. The number of hydrogen-bond acceptors (Lipinski definition) is 9. The van der Waals surface area contributed by atoms with Crippen LogP contribution in [-0.4, -0.2) is 54.2 Å². The number of nitrogens with one attached hydrogen (secondary N) is 1. The van der Waals surface area contributed by atoms with Crippen LogP contribution in [0.3, 0.4) is 0 Å². The van der Waals surface area contributed by atoms with Crippen LogP contribution in [-0.2, 0) is 28.0 Å². The van der Waals surface area contributed by atoms with Crippen LogP contribution >= 0.6 is 10.8 Å². The molecule has 10 nitrogen and oxygen atoms in total. The molecule has 47 heavy (non-hydrogen) atoms. The lowest BCUT2D eigenvalue weighted by atomic mass is 10.0. The number of β-lactam (4-membered cyclic amide) rings is 1. The summed E-state index contributed by atoms with van der Waals surface area (Å²) in [4.78, 5) is 41.1. The summed E-state index contributed by atoms with van der Waals surface area (Å²) in [7, 11) is -3.76. The molecule has 12 heteroatoms. The summed E-state index contributed by atoms with van der Waals surface area (Å²) < 4.78 is 38.5. The van der Waals surface area contributed by atoms with E-state index in [0.29, 0.717) is 27.7 Å². The Labute approximate surface area is 276 Å². The molecule has 1 saturated heterocycles. The molecule has 0 radical (unpaired) electrons. The van der Waals surface area contributed by atoms with Gasteiger partial charge < -0.3 is 19.9 Å². The zero-order valence-electron chi connectivity index (χ0n) is 25.5. The largest absolute Gasteiger partial charge is 0.510 e. The van der Waals surface area contributed by atoms with Gasteiger partial charge >= 0.3 is 5.97 Å². The predicted octanol–water partition coefficient (Wildman–Crippen LogP) is 5.27. The van der Waals surface area contributed by atoms with E-state index in [-0.39, 0.29) is 4.90 Å². The smallest absolute Gasteiger partial charge is 0.359 e. The molecule has 2 N–H and O–H groups in total. The van der Waals surface area contributed by atoms with Gasteiger partial charge in [-0.15, -0.1) is 0 Å². The summed E-state index contributed by atoms with van der Waals surface area (Å²) in [5.41, 5.74) is 1.56. The second kappa shape index (κ2) is 14.6. The van der Waals surface area contributed by atoms with Crippen molar-refractivity contribution in [1.82, 2.24) is 10.2 Å². The van der Waals surface area contributed by atoms with Crippen molar-refractivity contribution in [2.45, 2.75) is 36.3 Å². The fourth-order valence-electron chi connectivity index (χ4n) is 4.87. The molecule has 4 aromatic carbocycles. The summed E-state index contributed by atoms with van der Waals surface area (Å²) in [6.07, 6.45) is -0.913. The third kappa shape index (κ3) is 7.84. The Kier molecular flexibility index (Phi) is 10.3. The number of ether oxygens (including phenoxy) is 2. The number of para-hydroxylation sites is 1. The number of nitrogens with zero attached hydrogens (tertiary/aromatic N) is 1. The maximum atomic E-state index is 13.8. The summed E-state index contributed by atoms with van der Waals surface area (Å²) in [5, 5.41) is 11.9. The first kappa shape index (κ1) is 33.3. The highest BCUT2D eigenvalue weighted by Crippen LogP contribution is 2.41. The quantitative estimate of drug-likeness (QED) is 0.0678. The van der Waals surface area contributed by atoms with E-state index < -0.39 is 62.2 Å². The van der Waals surface area contributed by atoms with Gasteiger partial charge in [-0.1, -0.05) is 96.6 Å². The molecule has 1 heterocycles. The number of likely N-dealkylation sites (tertiary alicyclic amines) is 1. The average Bonchev–Trinajstić information content (AvgIpc) is 3.08. The average molecular weight is 673 g/mol. The Hall–Kier alpha value is -5.07. The molecule has 0 bridgehead atoms. The minimum Gasteiger partial charge on any atom is -0.510 e. The van der Waals surface area contributed by atoms with Crippen molar-refractivity contribution in [2.24, 2.45) is 0 Å². The molecule has 2 amide bonds. The molecule has 242 valence electrons. The second-order valence-electron chi connectivity index (χ2n) is 10.6. The minimum atomic E-state index is -4.13. The molecule has 1 aliphatic rings. The number of amides is 2. The molecule has 0 spiro atoms. The van der Waals surface area contributed by atoms with Gasteiger partial charge in [0.05, 0.1) is 4.90 Å². The predicted molar refractivity (Wildman–Crippen MR) is 177 cm³/mol. The number of allylic oxidation sites excluding steroid dienone is 1. The summed E-state index contributed by atoms with van der Waals surface area (Å²) in [5.74, 6) is -2.71. The molecular weight excluding hydrogens is 641 g/mol. The Morgan fingerprint density at radius 2 is 1.40 bits per heavy atom. The minimum absolute atomic E-state index is 0.0352. The number of aliphatic hydroxyl groups excluding tert-OH is 1. The topological polar surface area (TPSA) is 139 Å². The van der Waals surface area contributed by atoms with Crippen molar-refractivity contribution in [2.75, 3.05) is 6.61 Å². The van der Waals surface area contributed by atoms with Crippen molar-refractivity contribution in [3.8, 4) is 5.75 Å². The van der Waals surface area contributed by atoms with E-state index in [2.05, 4.69) is 5.32 Å². The third-order valence-electron chi connectivity index (χ3n) is 7.21. The van der Waals surface area contributed by atoms with Crippen molar-refractivity contribution in [3.05, 3.63) is 143 Å². The number of esters is 1. The van der Waals surface area contributed by atoms with Gasteiger partial charge in [0, 0.05) is 10.8 Å². The van der Waals surface area contributed by atoms with E-state index in [4.69, 9.17) is 9.47 Å². The van der Waals surface area contributed by atoms with Gasteiger partial charge in [-0.3, -0.25) is 14.5 Å².